The first-order chi connectivity index (χ1) is 13.0. The summed E-state index contributed by atoms with van der Waals surface area (Å²) in [5, 5.41) is 3.05. The van der Waals surface area contributed by atoms with E-state index in [0.717, 1.165) is 29.0 Å². The van der Waals surface area contributed by atoms with E-state index in [0.29, 0.717) is 32.7 Å². The summed E-state index contributed by atoms with van der Waals surface area (Å²) in [5.74, 6) is 0.438. The van der Waals surface area contributed by atoms with Gasteiger partial charge in [-0.15, -0.1) is 0 Å². The second-order valence-electron chi connectivity index (χ2n) is 6.98. The SMILES string of the molecule is CCCOc1ccc(NC(=O)C2(c3ccc(F)cc3)CCOCC2)cc1C. The molecule has 0 bridgehead atoms. The summed E-state index contributed by atoms with van der Waals surface area (Å²) in [6, 6.07) is 11.9. The highest BCUT2D eigenvalue weighted by molar-refractivity contribution is 5.99. The van der Waals surface area contributed by atoms with Crippen molar-refractivity contribution in [2.75, 3.05) is 25.1 Å². The van der Waals surface area contributed by atoms with Crippen LogP contribution in [0.3, 0.4) is 0 Å². The summed E-state index contributed by atoms with van der Waals surface area (Å²) < 4.78 is 24.5. The molecule has 1 fully saturated rings. The Morgan fingerprint density at radius 1 is 1.19 bits per heavy atom. The number of anilines is 1. The number of aryl methyl sites for hydroxylation is 1. The average Bonchev–Trinajstić information content (AvgIpc) is 2.68. The summed E-state index contributed by atoms with van der Waals surface area (Å²) >= 11 is 0. The molecule has 27 heavy (non-hydrogen) atoms. The highest BCUT2D eigenvalue weighted by Crippen LogP contribution is 2.36. The third-order valence-electron chi connectivity index (χ3n) is 5.07. The van der Waals surface area contributed by atoms with E-state index in [2.05, 4.69) is 12.2 Å². The van der Waals surface area contributed by atoms with Crippen molar-refractivity contribution in [3.8, 4) is 5.75 Å². The summed E-state index contributed by atoms with van der Waals surface area (Å²) in [5.41, 5.74) is 1.82. The van der Waals surface area contributed by atoms with E-state index in [1.54, 1.807) is 12.1 Å². The second kappa shape index (κ2) is 8.53. The van der Waals surface area contributed by atoms with Crippen LogP contribution in [0.25, 0.3) is 0 Å². The molecule has 5 heteroatoms. The number of carbonyl (C=O) groups excluding carboxylic acids is 1. The van der Waals surface area contributed by atoms with Crippen LogP contribution in [0.15, 0.2) is 42.5 Å². The first-order valence-electron chi connectivity index (χ1n) is 9.44. The lowest BCUT2D eigenvalue weighted by Crippen LogP contribution is -2.44. The molecule has 1 aliphatic rings. The fraction of sp³-hybridized carbons (Fsp3) is 0.409. The number of benzene rings is 2. The van der Waals surface area contributed by atoms with Crippen LogP contribution in [0.5, 0.6) is 5.75 Å². The summed E-state index contributed by atoms with van der Waals surface area (Å²) in [4.78, 5) is 13.3. The van der Waals surface area contributed by atoms with Crippen molar-refractivity contribution in [3.05, 3.63) is 59.4 Å². The van der Waals surface area contributed by atoms with Gasteiger partial charge in [-0.25, -0.2) is 4.39 Å². The first-order valence-corrected chi connectivity index (χ1v) is 9.44. The Hall–Kier alpha value is -2.40. The number of hydrogen-bond acceptors (Lipinski definition) is 3. The minimum atomic E-state index is -0.711. The Morgan fingerprint density at radius 2 is 1.89 bits per heavy atom. The van der Waals surface area contributed by atoms with E-state index in [-0.39, 0.29) is 11.7 Å². The van der Waals surface area contributed by atoms with Crippen molar-refractivity contribution in [2.24, 2.45) is 0 Å². The normalized spacial score (nSPS) is 16.0. The first kappa shape index (κ1) is 19.4. The molecule has 4 nitrogen and oxygen atoms in total. The van der Waals surface area contributed by atoms with E-state index < -0.39 is 5.41 Å². The van der Waals surface area contributed by atoms with E-state index >= 15 is 0 Å². The predicted octanol–water partition coefficient (Wildman–Crippen LogP) is 4.61. The zero-order valence-corrected chi connectivity index (χ0v) is 15.9. The molecule has 144 valence electrons. The number of halogens is 1. The molecule has 0 unspecified atom stereocenters. The molecule has 0 aromatic heterocycles. The lowest BCUT2D eigenvalue weighted by atomic mass is 9.73. The van der Waals surface area contributed by atoms with Gasteiger partial charge in [0.1, 0.15) is 11.6 Å². The van der Waals surface area contributed by atoms with Gasteiger partial charge in [0.15, 0.2) is 0 Å². The quantitative estimate of drug-likeness (QED) is 0.807. The van der Waals surface area contributed by atoms with Gasteiger partial charge in [0.25, 0.3) is 0 Å². The molecule has 2 aromatic rings. The van der Waals surface area contributed by atoms with E-state index in [1.165, 1.54) is 12.1 Å². The van der Waals surface area contributed by atoms with Gasteiger partial charge >= 0.3 is 0 Å². The van der Waals surface area contributed by atoms with Crippen molar-refractivity contribution >= 4 is 11.6 Å². The maximum atomic E-state index is 13.4. The minimum absolute atomic E-state index is 0.0842. The number of amides is 1. The third-order valence-corrected chi connectivity index (χ3v) is 5.07. The molecule has 0 aliphatic carbocycles. The molecule has 3 rings (SSSR count). The Kier molecular flexibility index (Phi) is 6.11. The molecule has 0 atom stereocenters. The van der Waals surface area contributed by atoms with Crippen LogP contribution >= 0.6 is 0 Å². The fourth-order valence-corrected chi connectivity index (χ4v) is 3.49. The molecule has 1 saturated heterocycles. The molecule has 1 heterocycles. The monoisotopic (exact) mass is 371 g/mol. The average molecular weight is 371 g/mol. The maximum absolute atomic E-state index is 13.4. The Morgan fingerprint density at radius 3 is 2.52 bits per heavy atom. The smallest absolute Gasteiger partial charge is 0.235 e. The van der Waals surface area contributed by atoms with Crippen molar-refractivity contribution in [2.45, 2.75) is 38.5 Å². The van der Waals surface area contributed by atoms with Crippen LogP contribution in [-0.2, 0) is 14.9 Å². The predicted molar refractivity (Wildman–Crippen MR) is 104 cm³/mol. The highest BCUT2D eigenvalue weighted by Gasteiger charge is 2.41. The van der Waals surface area contributed by atoms with Crippen molar-refractivity contribution in [1.82, 2.24) is 0 Å². The molecule has 1 amide bonds. The Labute approximate surface area is 159 Å². The molecule has 1 aliphatic heterocycles. The lowest BCUT2D eigenvalue weighted by molar-refractivity contribution is -0.125. The van der Waals surface area contributed by atoms with Gasteiger partial charge in [-0.1, -0.05) is 19.1 Å². The van der Waals surface area contributed by atoms with E-state index in [9.17, 15) is 9.18 Å². The minimum Gasteiger partial charge on any atom is -0.493 e. The molecule has 0 spiro atoms. The van der Waals surface area contributed by atoms with Crippen molar-refractivity contribution < 1.29 is 18.7 Å². The van der Waals surface area contributed by atoms with Gasteiger partial charge < -0.3 is 14.8 Å². The van der Waals surface area contributed by atoms with Gasteiger partial charge in [-0.05, 0) is 67.6 Å². The second-order valence-corrected chi connectivity index (χ2v) is 6.98. The van der Waals surface area contributed by atoms with Crippen LogP contribution in [0, 0.1) is 12.7 Å². The summed E-state index contributed by atoms with van der Waals surface area (Å²) in [6.07, 6.45) is 2.09. The largest absolute Gasteiger partial charge is 0.493 e. The van der Waals surface area contributed by atoms with Crippen LogP contribution < -0.4 is 10.1 Å². The molecular formula is C22H26FNO3. The van der Waals surface area contributed by atoms with Gasteiger partial charge in [0.05, 0.1) is 12.0 Å². The molecular weight excluding hydrogens is 345 g/mol. The summed E-state index contributed by atoms with van der Waals surface area (Å²) in [6.45, 7) is 5.71. The van der Waals surface area contributed by atoms with Crippen LogP contribution in [-0.4, -0.2) is 25.7 Å². The molecule has 2 aromatic carbocycles. The number of carbonyl (C=O) groups is 1. The van der Waals surface area contributed by atoms with Crippen molar-refractivity contribution in [1.29, 1.82) is 0 Å². The van der Waals surface area contributed by atoms with E-state index in [1.807, 2.05) is 25.1 Å². The van der Waals surface area contributed by atoms with Gasteiger partial charge in [-0.2, -0.15) is 0 Å². The highest BCUT2D eigenvalue weighted by atomic mass is 19.1. The molecule has 1 N–H and O–H groups in total. The third kappa shape index (κ3) is 4.30. The zero-order chi connectivity index (χ0) is 19.3. The topological polar surface area (TPSA) is 47.6 Å². The van der Waals surface area contributed by atoms with Gasteiger partial charge in [0, 0.05) is 18.9 Å². The molecule has 0 radical (unpaired) electrons. The van der Waals surface area contributed by atoms with Gasteiger partial charge in [0.2, 0.25) is 5.91 Å². The maximum Gasteiger partial charge on any atom is 0.235 e. The van der Waals surface area contributed by atoms with E-state index in [4.69, 9.17) is 9.47 Å². The van der Waals surface area contributed by atoms with Crippen LogP contribution in [0.4, 0.5) is 10.1 Å². The van der Waals surface area contributed by atoms with Crippen molar-refractivity contribution in [3.63, 3.8) is 0 Å². The van der Waals surface area contributed by atoms with Gasteiger partial charge in [-0.3, -0.25) is 4.79 Å². The van der Waals surface area contributed by atoms with Crippen LogP contribution in [0.1, 0.15) is 37.3 Å². The van der Waals surface area contributed by atoms with Crippen LogP contribution in [0.2, 0.25) is 0 Å². The fourth-order valence-electron chi connectivity index (χ4n) is 3.49. The number of nitrogens with one attached hydrogen (secondary N) is 1. The Balaban J connectivity index is 1.83. The zero-order valence-electron chi connectivity index (χ0n) is 15.9. The number of rotatable bonds is 6. The lowest BCUT2D eigenvalue weighted by Gasteiger charge is -2.36. The standard InChI is InChI=1S/C22H26FNO3/c1-3-12-27-20-9-8-19(15-16(20)2)24-21(25)22(10-13-26-14-11-22)17-4-6-18(23)7-5-17/h4-9,15H,3,10-14H2,1-2H3,(H,24,25). The summed E-state index contributed by atoms with van der Waals surface area (Å²) in [7, 11) is 0. The number of hydrogen-bond donors (Lipinski definition) is 1. The number of ether oxygens (including phenoxy) is 2. The molecule has 0 saturated carbocycles. The Bertz CT molecular complexity index is 783.